The van der Waals surface area contributed by atoms with Crippen LogP contribution in [0.3, 0.4) is 0 Å². The van der Waals surface area contributed by atoms with Gasteiger partial charge < -0.3 is 0 Å². The number of carbonyl (C=O) groups is 1. The van der Waals surface area contributed by atoms with Crippen molar-refractivity contribution < 1.29 is 13.6 Å². The van der Waals surface area contributed by atoms with E-state index in [1.165, 1.54) is 6.07 Å². The normalized spacial score (nSPS) is 9.50. The molecule has 1 rings (SSSR count). The number of amides is 1. The van der Waals surface area contributed by atoms with Crippen LogP contribution in [0.25, 0.3) is 0 Å². The molecule has 1 N–H and O–H groups in total. The van der Waals surface area contributed by atoms with Crippen LogP contribution in [0.2, 0.25) is 0 Å². The summed E-state index contributed by atoms with van der Waals surface area (Å²) in [6.07, 6.45) is 0.464. The maximum atomic E-state index is 12.5. The Labute approximate surface area is 72.1 Å². The quantitative estimate of drug-likeness (QED) is 0.579. The fourth-order valence-electron chi connectivity index (χ4n) is 0.632. The molecule has 0 aliphatic heterocycles. The Morgan fingerprint density at radius 2 is 2.08 bits per heavy atom. The van der Waals surface area contributed by atoms with Crippen molar-refractivity contribution in [1.29, 1.82) is 0 Å². The van der Waals surface area contributed by atoms with Gasteiger partial charge in [0.2, 0.25) is 6.41 Å². The maximum Gasteiger partial charge on any atom is 0.217 e. The molecule has 0 aliphatic rings. The van der Waals surface area contributed by atoms with Gasteiger partial charge in [-0.3, -0.25) is 9.52 Å². The number of hydrogen-bond donors (Lipinski definition) is 1. The molecule has 5 heteroatoms. The molecule has 1 amide bonds. The van der Waals surface area contributed by atoms with E-state index in [2.05, 4.69) is 4.72 Å². The molecule has 1 aromatic carbocycles. The van der Waals surface area contributed by atoms with Crippen LogP contribution in [0.4, 0.5) is 8.78 Å². The van der Waals surface area contributed by atoms with E-state index in [4.69, 9.17) is 0 Å². The van der Waals surface area contributed by atoms with Crippen molar-refractivity contribution in [2.75, 3.05) is 0 Å². The minimum atomic E-state index is -0.923. The highest BCUT2D eigenvalue weighted by atomic mass is 32.2. The van der Waals surface area contributed by atoms with Gasteiger partial charge in [0.1, 0.15) is 0 Å². The van der Waals surface area contributed by atoms with E-state index in [1.807, 2.05) is 0 Å². The third kappa shape index (κ3) is 2.20. The van der Waals surface area contributed by atoms with Crippen LogP contribution in [-0.4, -0.2) is 6.41 Å². The molecule has 2 nitrogen and oxygen atoms in total. The molecule has 0 saturated carbocycles. The summed E-state index contributed by atoms with van der Waals surface area (Å²) in [7, 11) is 0. The van der Waals surface area contributed by atoms with E-state index in [0.717, 1.165) is 24.1 Å². The van der Waals surface area contributed by atoms with Crippen LogP contribution in [0.5, 0.6) is 0 Å². The summed E-state index contributed by atoms with van der Waals surface area (Å²) in [6.45, 7) is 0. The van der Waals surface area contributed by atoms with E-state index >= 15 is 0 Å². The van der Waals surface area contributed by atoms with E-state index in [0.29, 0.717) is 11.3 Å². The number of halogens is 2. The summed E-state index contributed by atoms with van der Waals surface area (Å²) in [5, 5.41) is 0. The monoisotopic (exact) mass is 189 g/mol. The lowest BCUT2D eigenvalue weighted by Gasteiger charge is -1.98. The molecule has 0 unspecified atom stereocenters. The third-order valence-corrected chi connectivity index (χ3v) is 1.82. The van der Waals surface area contributed by atoms with Gasteiger partial charge in [-0.15, -0.1) is 0 Å². The Morgan fingerprint density at radius 3 is 2.67 bits per heavy atom. The number of benzene rings is 1. The first-order valence-corrected chi connectivity index (χ1v) is 3.87. The average Bonchev–Trinajstić information content (AvgIpc) is 2.07. The highest BCUT2D eigenvalue weighted by Crippen LogP contribution is 2.16. The minimum Gasteiger partial charge on any atom is -0.299 e. The lowest BCUT2D eigenvalue weighted by atomic mass is 10.3. The second-order valence-electron chi connectivity index (χ2n) is 1.91. The molecule has 12 heavy (non-hydrogen) atoms. The van der Waals surface area contributed by atoms with E-state index in [-0.39, 0.29) is 0 Å². The summed E-state index contributed by atoms with van der Waals surface area (Å²) < 4.78 is 27.1. The van der Waals surface area contributed by atoms with Crippen molar-refractivity contribution in [2.24, 2.45) is 0 Å². The largest absolute Gasteiger partial charge is 0.299 e. The Hall–Kier alpha value is -1.10. The zero-order valence-electron chi connectivity index (χ0n) is 5.88. The van der Waals surface area contributed by atoms with Gasteiger partial charge >= 0.3 is 0 Å². The number of hydrogen-bond acceptors (Lipinski definition) is 2. The van der Waals surface area contributed by atoms with Crippen molar-refractivity contribution in [3.63, 3.8) is 0 Å². The highest BCUT2D eigenvalue weighted by Gasteiger charge is 2.01. The average molecular weight is 189 g/mol. The van der Waals surface area contributed by atoms with Crippen LogP contribution >= 0.6 is 11.9 Å². The number of carbonyl (C=O) groups excluding carboxylic acids is 1. The molecule has 0 fully saturated rings. The fourth-order valence-corrected chi connectivity index (χ4v) is 1.12. The van der Waals surface area contributed by atoms with Crippen molar-refractivity contribution in [3.05, 3.63) is 29.8 Å². The standard InChI is InChI=1S/C7H5F2NOS/c8-6-2-1-5(3-7(6)9)12-10-4-11/h1-4H,(H,10,11). The second kappa shape index (κ2) is 4.06. The van der Waals surface area contributed by atoms with Gasteiger partial charge in [-0.25, -0.2) is 8.78 Å². The third-order valence-electron chi connectivity index (χ3n) is 1.12. The molecule has 0 radical (unpaired) electrons. The minimum absolute atomic E-state index is 0.445. The zero-order chi connectivity index (χ0) is 8.97. The van der Waals surface area contributed by atoms with Crippen molar-refractivity contribution in [1.82, 2.24) is 4.72 Å². The van der Waals surface area contributed by atoms with E-state index in [1.54, 1.807) is 0 Å². The van der Waals surface area contributed by atoms with Crippen molar-refractivity contribution in [3.8, 4) is 0 Å². The molecule has 0 atom stereocenters. The predicted octanol–water partition coefficient (Wildman–Crippen LogP) is 1.72. The summed E-state index contributed by atoms with van der Waals surface area (Å²) in [6, 6.07) is 3.39. The molecule has 0 spiro atoms. The lowest BCUT2D eigenvalue weighted by molar-refractivity contribution is -0.107. The first-order valence-electron chi connectivity index (χ1n) is 3.05. The van der Waals surface area contributed by atoms with Gasteiger partial charge in [0.05, 0.1) is 0 Å². The Morgan fingerprint density at radius 1 is 1.33 bits per heavy atom. The summed E-state index contributed by atoms with van der Waals surface area (Å²) in [4.78, 5) is 10.3. The molecule has 0 aliphatic carbocycles. The Balaban J connectivity index is 2.75. The van der Waals surface area contributed by atoms with Gasteiger partial charge in [0, 0.05) is 4.90 Å². The van der Waals surface area contributed by atoms with Gasteiger partial charge in [0.15, 0.2) is 11.6 Å². The van der Waals surface area contributed by atoms with Crippen LogP contribution in [0, 0.1) is 11.6 Å². The van der Waals surface area contributed by atoms with Gasteiger partial charge in [-0.1, -0.05) is 0 Å². The van der Waals surface area contributed by atoms with Gasteiger partial charge in [-0.2, -0.15) is 0 Å². The van der Waals surface area contributed by atoms with Gasteiger partial charge in [-0.05, 0) is 30.1 Å². The van der Waals surface area contributed by atoms with Crippen molar-refractivity contribution >= 4 is 18.4 Å². The molecule has 0 saturated heterocycles. The number of nitrogens with one attached hydrogen (secondary N) is 1. The summed E-state index contributed by atoms with van der Waals surface area (Å²) in [5.74, 6) is -1.82. The highest BCUT2D eigenvalue weighted by molar-refractivity contribution is 7.97. The van der Waals surface area contributed by atoms with Crippen LogP contribution < -0.4 is 4.72 Å². The molecule has 0 aromatic heterocycles. The predicted molar refractivity (Wildman–Crippen MR) is 41.4 cm³/mol. The number of rotatable bonds is 3. The second-order valence-corrected chi connectivity index (χ2v) is 2.82. The smallest absolute Gasteiger partial charge is 0.217 e. The molecule has 0 heterocycles. The maximum absolute atomic E-state index is 12.5. The fraction of sp³-hybridized carbons (Fsp3) is 0. The topological polar surface area (TPSA) is 29.1 Å². The van der Waals surface area contributed by atoms with E-state index < -0.39 is 11.6 Å². The molecular weight excluding hydrogens is 184 g/mol. The molecule has 1 aromatic rings. The Bertz CT molecular complexity index is 293. The zero-order valence-corrected chi connectivity index (χ0v) is 6.70. The van der Waals surface area contributed by atoms with Crippen LogP contribution in [0.1, 0.15) is 0 Å². The molecular formula is C7H5F2NOS. The van der Waals surface area contributed by atoms with Crippen LogP contribution in [-0.2, 0) is 4.79 Å². The summed E-state index contributed by atoms with van der Waals surface area (Å²) >= 11 is 0.919. The SMILES string of the molecule is O=CNSc1ccc(F)c(F)c1. The van der Waals surface area contributed by atoms with Crippen molar-refractivity contribution in [2.45, 2.75) is 4.90 Å². The molecule has 64 valence electrons. The lowest BCUT2D eigenvalue weighted by Crippen LogP contribution is -1.97. The van der Waals surface area contributed by atoms with Crippen LogP contribution in [0.15, 0.2) is 23.1 Å². The van der Waals surface area contributed by atoms with E-state index in [9.17, 15) is 13.6 Å². The first kappa shape index (κ1) is 8.99. The summed E-state index contributed by atoms with van der Waals surface area (Å²) in [5.41, 5.74) is 0. The first-order chi connectivity index (χ1) is 5.74. The molecule has 0 bridgehead atoms. The van der Waals surface area contributed by atoms with Gasteiger partial charge in [0.25, 0.3) is 0 Å². The Kier molecular flexibility index (Phi) is 3.04.